The van der Waals surface area contributed by atoms with Crippen molar-refractivity contribution < 1.29 is 19.5 Å². The Hall–Kier alpha value is -3.30. The largest absolute Gasteiger partial charge is 0.391 e. The highest BCUT2D eigenvalue weighted by molar-refractivity contribution is 6.42. The Balaban J connectivity index is 1.27. The number of benzene rings is 3. The number of aliphatic hydroxyl groups excluding tert-OH is 1. The first-order valence-corrected chi connectivity index (χ1v) is 15.2. The van der Waals surface area contributed by atoms with E-state index in [1.807, 2.05) is 61.3 Å². The van der Waals surface area contributed by atoms with Crippen molar-refractivity contribution >= 4 is 63.9 Å². The summed E-state index contributed by atoms with van der Waals surface area (Å²) in [6.45, 7) is 2.52. The van der Waals surface area contributed by atoms with Gasteiger partial charge in [0.2, 0.25) is 17.7 Å². The third-order valence-electron chi connectivity index (χ3n) is 8.78. The van der Waals surface area contributed by atoms with Crippen molar-refractivity contribution in [2.45, 2.75) is 49.9 Å². The number of amides is 3. The number of carbonyl (C=O) groups excluding carboxylic acids is 3. The van der Waals surface area contributed by atoms with E-state index in [0.717, 1.165) is 22.4 Å². The number of aliphatic hydroxyl groups is 1. The molecule has 4 atom stereocenters. The second-order valence-electron chi connectivity index (χ2n) is 11.7. The molecular formula is C32H31Cl3N4O4. The first-order chi connectivity index (χ1) is 20.5. The molecule has 3 aromatic rings. The molecule has 224 valence electrons. The highest BCUT2D eigenvalue weighted by Gasteiger charge is 2.50. The van der Waals surface area contributed by atoms with Crippen LogP contribution in [0.25, 0.3) is 0 Å². The Morgan fingerprint density at radius 3 is 2.47 bits per heavy atom. The monoisotopic (exact) mass is 640 g/mol. The molecule has 3 aromatic carbocycles. The van der Waals surface area contributed by atoms with Crippen molar-refractivity contribution in [1.82, 2.24) is 10.2 Å². The van der Waals surface area contributed by atoms with Crippen LogP contribution in [0.3, 0.4) is 0 Å². The minimum atomic E-state index is -0.933. The standard InChI is InChI=1S/C32H31Cl3N4O4/c1-32(17-37(2)26-10-6-4-8-21(26)32)31(43)39-16-20(40)13-28(39)29(41)36-25-12-19-11-23(34)24(35)14-27(19)38(30(25)42)15-18-7-3-5-9-22(18)33/h3-11,14,20,25,28,40H,12-13,15-17H2,1-2H3,(H,36,41)/t20-,25?,28?,32?/m1/s1. The van der Waals surface area contributed by atoms with E-state index in [-0.39, 0.29) is 37.7 Å². The normalized spacial score (nSPS) is 24.7. The van der Waals surface area contributed by atoms with Gasteiger partial charge in [0, 0.05) is 49.4 Å². The van der Waals surface area contributed by atoms with Gasteiger partial charge in [-0.3, -0.25) is 14.4 Å². The van der Waals surface area contributed by atoms with Gasteiger partial charge in [0.05, 0.1) is 28.1 Å². The van der Waals surface area contributed by atoms with Crippen molar-refractivity contribution in [3.05, 3.63) is 92.4 Å². The molecule has 0 saturated carbocycles. The van der Waals surface area contributed by atoms with Crippen LogP contribution in [-0.2, 0) is 32.8 Å². The summed E-state index contributed by atoms with van der Waals surface area (Å²) in [5.41, 5.74) is 3.01. The van der Waals surface area contributed by atoms with Gasteiger partial charge in [0.25, 0.3) is 0 Å². The van der Waals surface area contributed by atoms with E-state index in [2.05, 4.69) is 5.32 Å². The zero-order chi connectivity index (χ0) is 30.6. The van der Waals surface area contributed by atoms with Crippen LogP contribution in [0.2, 0.25) is 15.1 Å². The van der Waals surface area contributed by atoms with Gasteiger partial charge in [0.15, 0.2) is 0 Å². The number of anilines is 2. The van der Waals surface area contributed by atoms with E-state index in [4.69, 9.17) is 34.8 Å². The SMILES string of the molecule is CN1CC(C)(C(=O)N2C[C@H](O)CC2C(=O)NC2Cc3cc(Cl)c(Cl)cc3N(Cc3ccccc3Cl)C2=O)c2ccccc21. The maximum Gasteiger partial charge on any atom is 0.250 e. The van der Waals surface area contributed by atoms with Crippen LogP contribution >= 0.6 is 34.8 Å². The highest BCUT2D eigenvalue weighted by atomic mass is 35.5. The second-order valence-corrected chi connectivity index (χ2v) is 13.0. The number of nitrogens with zero attached hydrogens (tertiary/aromatic N) is 3. The number of fused-ring (bicyclic) bond motifs is 2. The average molecular weight is 642 g/mol. The molecule has 11 heteroatoms. The topological polar surface area (TPSA) is 93.2 Å². The van der Waals surface area contributed by atoms with Crippen LogP contribution < -0.4 is 15.1 Å². The number of halogens is 3. The number of β-amino-alcohol motifs (C(OH)–C–C–N with tert-alkyl or cyclic N) is 1. The molecule has 43 heavy (non-hydrogen) atoms. The Morgan fingerprint density at radius 1 is 1.00 bits per heavy atom. The maximum atomic E-state index is 14.1. The number of hydrogen-bond donors (Lipinski definition) is 2. The molecule has 8 nitrogen and oxygen atoms in total. The van der Waals surface area contributed by atoms with Gasteiger partial charge in [-0.15, -0.1) is 0 Å². The van der Waals surface area contributed by atoms with Crippen molar-refractivity contribution in [3.63, 3.8) is 0 Å². The molecule has 0 aromatic heterocycles. The predicted molar refractivity (Wildman–Crippen MR) is 168 cm³/mol. The quantitative estimate of drug-likeness (QED) is 0.425. The highest BCUT2D eigenvalue weighted by Crippen LogP contribution is 2.42. The summed E-state index contributed by atoms with van der Waals surface area (Å²) in [6, 6.07) is 16.4. The lowest BCUT2D eigenvalue weighted by Crippen LogP contribution is -2.58. The van der Waals surface area contributed by atoms with E-state index in [9.17, 15) is 19.5 Å². The summed E-state index contributed by atoms with van der Waals surface area (Å²) < 4.78 is 0. The van der Waals surface area contributed by atoms with Gasteiger partial charge in [-0.05, 0) is 47.9 Å². The first-order valence-electron chi connectivity index (χ1n) is 14.1. The molecule has 0 radical (unpaired) electrons. The van der Waals surface area contributed by atoms with Crippen molar-refractivity contribution in [2.75, 3.05) is 29.9 Å². The van der Waals surface area contributed by atoms with Crippen LogP contribution in [0.1, 0.15) is 30.0 Å². The van der Waals surface area contributed by atoms with Crippen LogP contribution in [0.5, 0.6) is 0 Å². The molecular weight excluding hydrogens is 611 g/mol. The molecule has 0 bridgehead atoms. The zero-order valence-corrected chi connectivity index (χ0v) is 26.0. The minimum Gasteiger partial charge on any atom is -0.391 e. The lowest BCUT2D eigenvalue weighted by Gasteiger charge is -2.36. The summed E-state index contributed by atoms with van der Waals surface area (Å²) in [7, 11) is 1.93. The number of likely N-dealkylation sites (N-methyl/N-ethyl adjacent to an activating group) is 1. The first kappa shape index (κ1) is 29.8. The van der Waals surface area contributed by atoms with Crippen LogP contribution in [0.4, 0.5) is 11.4 Å². The second kappa shape index (κ2) is 11.3. The number of likely N-dealkylation sites (tertiary alicyclic amines) is 1. The third kappa shape index (κ3) is 5.24. The smallest absolute Gasteiger partial charge is 0.250 e. The average Bonchev–Trinajstić information content (AvgIpc) is 3.50. The summed E-state index contributed by atoms with van der Waals surface area (Å²) in [5.74, 6) is -1.07. The van der Waals surface area contributed by atoms with Gasteiger partial charge in [-0.25, -0.2) is 0 Å². The molecule has 3 aliphatic rings. The number of carbonyl (C=O) groups is 3. The van der Waals surface area contributed by atoms with E-state index >= 15 is 0 Å². The number of hydrogen-bond acceptors (Lipinski definition) is 5. The number of para-hydroxylation sites is 1. The summed E-state index contributed by atoms with van der Waals surface area (Å²) in [4.78, 5) is 46.9. The van der Waals surface area contributed by atoms with E-state index < -0.39 is 29.5 Å². The fourth-order valence-electron chi connectivity index (χ4n) is 6.65. The van der Waals surface area contributed by atoms with E-state index in [1.54, 1.807) is 23.1 Å². The Morgan fingerprint density at radius 2 is 1.70 bits per heavy atom. The van der Waals surface area contributed by atoms with Crippen molar-refractivity contribution in [3.8, 4) is 0 Å². The molecule has 1 fully saturated rings. The van der Waals surface area contributed by atoms with Gasteiger partial charge in [0.1, 0.15) is 12.1 Å². The van der Waals surface area contributed by atoms with Gasteiger partial charge in [-0.1, -0.05) is 71.2 Å². The molecule has 3 unspecified atom stereocenters. The summed E-state index contributed by atoms with van der Waals surface area (Å²) in [5, 5.41) is 14.7. The molecule has 0 spiro atoms. The minimum absolute atomic E-state index is 0.0343. The van der Waals surface area contributed by atoms with E-state index in [1.165, 1.54) is 4.90 Å². The molecule has 2 N–H and O–H groups in total. The van der Waals surface area contributed by atoms with Crippen molar-refractivity contribution in [1.29, 1.82) is 0 Å². The van der Waals surface area contributed by atoms with E-state index in [0.29, 0.717) is 27.3 Å². The fraction of sp³-hybridized carbons (Fsp3) is 0.344. The molecule has 6 rings (SSSR count). The lowest BCUT2D eigenvalue weighted by atomic mass is 9.82. The predicted octanol–water partition coefficient (Wildman–Crippen LogP) is 4.59. The van der Waals surface area contributed by atoms with Crippen LogP contribution in [0.15, 0.2) is 60.7 Å². The Bertz CT molecular complexity index is 1630. The van der Waals surface area contributed by atoms with Gasteiger partial charge >= 0.3 is 0 Å². The van der Waals surface area contributed by atoms with Crippen molar-refractivity contribution in [2.24, 2.45) is 0 Å². The summed E-state index contributed by atoms with van der Waals surface area (Å²) in [6.07, 6.45) is -0.597. The maximum absolute atomic E-state index is 14.1. The van der Waals surface area contributed by atoms with Gasteiger partial charge in [-0.2, -0.15) is 0 Å². The molecule has 3 heterocycles. The fourth-order valence-corrected chi connectivity index (χ4v) is 7.19. The van der Waals surface area contributed by atoms with Gasteiger partial charge < -0.3 is 25.1 Å². The lowest BCUT2D eigenvalue weighted by molar-refractivity contribution is -0.142. The zero-order valence-electron chi connectivity index (χ0n) is 23.7. The summed E-state index contributed by atoms with van der Waals surface area (Å²) >= 11 is 19.1. The molecule has 3 aliphatic heterocycles. The molecule has 0 aliphatic carbocycles. The third-order valence-corrected chi connectivity index (χ3v) is 9.87. The number of nitrogens with one attached hydrogen (secondary N) is 1. The Kier molecular flexibility index (Phi) is 7.84. The number of rotatable bonds is 5. The van der Waals surface area contributed by atoms with Crippen LogP contribution in [0, 0.1) is 0 Å². The molecule has 3 amide bonds. The van der Waals surface area contributed by atoms with Crippen LogP contribution in [-0.4, -0.2) is 66.1 Å². The Labute approximate surface area is 265 Å². The molecule has 1 saturated heterocycles.